The van der Waals surface area contributed by atoms with E-state index in [2.05, 4.69) is 37.4 Å². The van der Waals surface area contributed by atoms with Crippen molar-refractivity contribution in [1.29, 1.82) is 0 Å². The third-order valence-corrected chi connectivity index (χ3v) is 8.05. The van der Waals surface area contributed by atoms with Crippen molar-refractivity contribution in [3.8, 4) is 5.75 Å². The number of hydrogen-bond donors (Lipinski definition) is 0. The smallest absolute Gasteiger partial charge is 0.254 e. The summed E-state index contributed by atoms with van der Waals surface area (Å²) in [5.41, 5.74) is 4.08. The largest absolute Gasteiger partial charge is 0.491 e. The molecule has 0 unspecified atom stereocenters. The molecule has 202 valence electrons. The minimum absolute atomic E-state index is 0.0233. The molecule has 0 fully saturated rings. The van der Waals surface area contributed by atoms with E-state index < -0.39 is 0 Å². The van der Waals surface area contributed by atoms with Gasteiger partial charge in [-0.2, -0.15) is 0 Å². The molecule has 2 aromatic carbocycles. The summed E-state index contributed by atoms with van der Waals surface area (Å²) in [6.45, 7) is 8.30. The highest BCUT2D eigenvalue weighted by Gasteiger charge is 2.33. The van der Waals surface area contributed by atoms with Gasteiger partial charge < -0.3 is 19.3 Å². The molecular formula is C31H38N2O4S. The Bertz CT molecular complexity index is 1200. The van der Waals surface area contributed by atoms with Crippen LogP contribution in [0.5, 0.6) is 5.75 Å². The number of carbonyl (C=O) groups excluding carboxylic acids is 2. The summed E-state index contributed by atoms with van der Waals surface area (Å²) in [5.74, 6) is 1.04. The van der Waals surface area contributed by atoms with Gasteiger partial charge in [-0.05, 0) is 72.5 Å². The number of fused-ring (bicyclic) bond motifs is 1. The summed E-state index contributed by atoms with van der Waals surface area (Å²) < 4.78 is 11.4. The fraction of sp³-hybridized carbons (Fsp3) is 0.419. The van der Waals surface area contributed by atoms with Crippen molar-refractivity contribution in [2.75, 3.05) is 40.0 Å². The van der Waals surface area contributed by atoms with Crippen LogP contribution in [0, 0.1) is 6.92 Å². The highest BCUT2D eigenvalue weighted by atomic mass is 32.1. The third kappa shape index (κ3) is 6.83. The Morgan fingerprint density at radius 3 is 2.50 bits per heavy atom. The van der Waals surface area contributed by atoms with E-state index in [1.165, 1.54) is 10.4 Å². The first-order valence-electron chi connectivity index (χ1n) is 13.3. The second kappa shape index (κ2) is 13.1. The number of carbonyl (C=O) groups is 2. The maximum atomic E-state index is 13.8. The van der Waals surface area contributed by atoms with E-state index in [0.717, 1.165) is 23.3 Å². The van der Waals surface area contributed by atoms with Crippen molar-refractivity contribution < 1.29 is 19.1 Å². The van der Waals surface area contributed by atoms with Crippen molar-refractivity contribution in [3.63, 3.8) is 0 Å². The lowest BCUT2D eigenvalue weighted by atomic mass is 10.00. The van der Waals surface area contributed by atoms with Gasteiger partial charge >= 0.3 is 0 Å². The van der Waals surface area contributed by atoms with Crippen LogP contribution in [0.2, 0.25) is 0 Å². The number of hydrogen-bond acceptors (Lipinski definition) is 5. The molecule has 38 heavy (non-hydrogen) atoms. The first-order valence-corrected chi connectivity index (χ1v) is 14.2. The van der Waals surface area contributed by atoms with Gasteiger partial charge in [0.05, 0.1) is 6.04 Å². The van der Waals surface area contributed by atoms with Gasteiger partial charge in [0.15, 0.2) is 0 Å². The van der Waals surface area contributed by atoms with Crippen LogP contribution < -0.4 is 4.74 Å². The van der Waals surface area contributed by atoms with E-state index in [0.29, 0.717) is 44.2 Å². The van der Waals surface area contributed by atoms with E-state index in [1.807, 2.05) is 48.2 Å². The molecule has 3 aromatic rings. The van der Waals surface area contributed by atoms with Crippen LogP contribution >= 0.6 is 11.3 Å². The minimum Gasteiger partial charge on any atom is -0.491 e. The van der Waals surface area contributed by atoms with Gasteiger partial charge in [-0.3, -0.25) is 9.59 Å². The summed E-state index contributed by atoms with van der Waals surface area (Å²) in [7, 11) is 1.64. The van der Waals surface area contributed by atoms with Crippen LogP contribution in [-0.4, -0.2) is 61.6 Å². The van der Waals surface area contributed by atoms with Gasteiger partial charge in [0.1, 0.15) is 18.9 Å². The van der Waals surface area contributed by atoms with Crippen LogP contribution in [0.15, 0.2) is 60.0 Å². The highest BCUT2D eigenvalue weighted by Crippen LogP contribution is 2.34. The van der Waals surface area contributed by atoms with Crippen LogP contribution in [-0.2, 0) is 16.0 Å². The molecule has 7 heteroatoms. The second-order valence-corrected chi connectivity index (χ2v) is 11.1. The fourth-order valence-corrected chi connectivity index (χ4v) is 5.71. The van der Waals surface area contributed by atoms with Gasteiger partial charge in [-0.1, -0.05) is 43.7 Å². The van der Waals surface area contributed by atoms with E-state index in [4.69, 9.17) is 9.47 Å². The van der Waals surface area contributed by atoms with Crippen LogP contribution in [0.1, 0.15) is 64.2 Å². The number of benzene rings is 2. The summed E-state index contributed by atoms with van der Waals surface area (Å²) in [4.78, 5) is 32.0. The Hall–Kier alpha value is -3.16. The van der Waals surface area contributed by atoms with E-state index in [1.54, 1.807) is 23.3 Å². The first-order chi connectivity index (χ1) is 18.4. The van der Waals surface area contributed by atoms with Crippen molar-refractivity contribution in [3.05, 3.63) is 87.1 Å². The number of nitrogens with zero attached hydrogens (tertiary/aromatic N) is 2. The van der Waals surface area contributed by atoms with Gasteiger partial charge in [0, 0.05) is 37.2 Å². The molecule has 0 saturated heterocycles. The summed E-state index contributed by atoms with van der Waals surface area (Å²) in [6.07, 6.45) is 1.48. The lowest BCUT2D eigenvalue weighted by Gasteiger charge is -2.37. The Labute approximate surface area is 230 Å². The number of aryl methyl sites for hydroxylation is 1. The number of amides is 2. The van der Waals surface area contributed by atoms with E-state index in [9.17, 15) is 9.59 Å². The Balaban J connectivity index is 1.50. The normalized spacial score (nSPS) is 14.9. The second-order valence-electron chi connectivity index (χ2n) is 10.1. The number of rotatable bonds is 11. The molecule has 2 amide bonds. The SMILES string of the molecule is COCCCN(CC(=O)N1CCc2sccc2[C@H]1COc1ccc(C(C)C)cc1)C(=O)c1ccc(C)cc1. The topological polar surface area (TPSA) is 59.1 Å². The minimum atomic E-state index is -0.197. The highest BCUT2D eigenvalue weighted by molar-refractivity contribution is 7.10. The maximum absolute atomic E-state index is 13.8. The fourth-order valence-electron chi connectivity index (χ4n) is 4.78. The predicted molar refractivity (Wildman–Crippen MR) is 152 cm³/mol. The summed E-state index contributed by atoms with van der Waals surface area (Å²) >= 11 is 1.73. The molecule has 2 heterocycles. The number of ether oxygens (including phenoxy) is 2. The number of thiophene rings is 1. The molecule has 1 aromatic heterocycles. The molecule has 0 saturated carbocycles. The van der Waals surface area contributed by atoms with Gasteiger partial charge in [0.2, 0.25) is 5.91 Å². The number of methoxy groups -OCH3 is 1. The van der Waals surface area contributed by atoms with Gasteiger partial charge in [0.25, 0.3) is 5.91 Å². The summed E-state index contributed by atoms with van der Waals surface area (Å²) in [6, 6.07) is 17.6. The van der Waals surface area contributed by atoms with E-state index >= 15 is 0 Å². The lowest BCUT2D eigenvalue weighted by molar-refractivity contribution is -0.135. The molecule has 0 spiro atoms. The zero-order chi connectivity index (χ0) is 27.1. The molecule has 0 aliphatic carbocycles. The Morgan fingerprint density at radius 1 is 1.08 bits per heavy atom. The third-order valence-electron chi connectivity index (χ3n) is 7.06. The maximum Gasteiger partial charge on any atom is 0.254 e. The monoisotopic (exact) mass is 534 g/mol. The zero-order valence-electron chi connectivity index (χ0n) is 22.8. The lowest BCUT2D eigenvalue weighted by Crippen LogP contribution is -2.48. The van der Waals surface area contributed by atoms with Crippen molar-refractivity contribution in [1.82, 2.24) is 9.80 Å². The molecule has 0 radical (unpaired) electrons. The average molecular weight is 535 g/mol. The van der Waals surface area contributed by atoms with Crippen molar-refractivity contribution >= 4 is 23.2 Å². The first kappa shape index (κ1) is 27.9. The Kier molecular flexibility index (Phi) is 9.58. The molecule has 1 aliphatic rings. The van der Waals surface area contributed by atoms with Gasteiger partial charge in [-0.25, -0.2) is 0 Å². The average Bonchev–Trinajstić information content (AvgIpc) is 3.40. The van der Waals surface area contributed by atoms with Crippen LogP contribution in [0.3, 0.4) is 0 Å². The molecular weight excluding hydrogens is 496 g/mol. The van der Waals surface area contributed by atoms with Crippen LogP contribution in [0.4, 0.5) is 0 Å². The quantitative estimate of drug-likeness (QED) is 0.289. The molecule has 6 nitrogen and oxygen atoms in total. The summed E-state index contributed by atoms with van der Waals surface area (Å²) in [5, 5.41) is 2.08. The van der Waals surface area contributed by atoms with Crippen LogP contribution in [0.25, 0.3) is 0 Å². The molecule has 1 atom stereocenters. The standard InChI is InChI=1S/C31H38N2O4S/c1-22(2)24-10-12-26(13-11-24)37-21-28-27-15-19-38-29(27)14-17-33(28)30(34)20-32(16-5-18-36-4)31(35)25-8-6-23(3)7-9-25/h6-13,15,19,22,28H,5,14,16-18,20-21H2,1-4H3/t28-/m1/s1. The molecule has 4 rings (SSSR count). The van der Waals surface area contributed by atoms with Gasteiger partial charge in [-0.15, -0.1) is 11.3 Å². The van der Waals surface area contributed by atoms with Crippen molar-refractivity contribution in [2.24, 2.45) is 0 Å². The van der Waals surface area contributed by atoms with E-state index in [-0.39, 0.29) is 24.4 Å². The molecule has 0 bridgehead atoms. The Morgan fingerprint density at radius 2 is 1.82 bits per heavy atom. The molecule has 1 aliphatic heterocycles. The molecule has 0 N–H and O–H groups in total. The zero-order valence-corrected chi connectivity index (χ0v) is 23.6. The van der Waals surface area contributed by atoms with Crippen molar-refractivity contribution in [2.45, 2.75) is 45.6 Å². The predicted octanol–water partition coefficient (Wildman–Crippen LogP) is 5.86.